The molecule has 1 aliphatic heterocycles. The number of methoxy groups -OCH3 is 1. The van der Waals surface area contributed by atoms with Gasteiger partial charge in [0.05, 0.1) is 17.3 Å². The minimum Gasteiger partial charge on any atom is -0.383 e. The Morgan fingerprint density at radius 3 is 2.78 bits per heavy atom. The molecule has 2 N–H and O–H groups in total. The van der Waals surface area contributed by atoms with Gasteiger partial charge in [0.25, 0.3) is 0 Å². The molecule has 128 valence electrons. The van der Waals surface area contributed by atoms with Crippen molar-refractivity contribution >= 4 is 41.5 Å². The molecule has 0 aliphatic carbocycles. The lowest BCUT2D eigenvalue weighted by Gasteiger charge is -2.26. The third-order valence-electron chi connectivity index (χ3n) is 3.80. The van der Waals surface area contributed by atoms with E-state index in [4.69, 9.17) is 22.1 Å². The molecular formula is C15H21Cl2N3O3. The fraction of sp³-hybridized carbons (Fsp3) is 0.467. The van der Waals surface area contributed by atoms with E-state index in [1.54, 1.807) is 24.1 Å². The number of carbonyl (C=O) groups excluding carboxylic acids is 2. The van der Waals surface area contributed by atoms with Crippen LogP contribution < -0.4 is 10.6 Å². The highest BCUT2D eigenvalue weighted by atomic mass is 35.5. The molecule has 1 heterocycles. The number of anilines is 1. The molecule has 1 aromatic rings. The largest absolute Gasteiger partial charge is 0.383 e. The van der Waals surface area contributed by atoms with E-state index in [9.17, 15) is 9.59 Å². The first-order valence-electron chi connectivity index (χ1n) is 7.04. The number of halogens is 2. The highest BCUT2D eigenvalue weighted by Crippen LogP contribution is 2.30. The quantitative estimate of drug-likeness (QED) is 0.857. The van der Waals surface area contributed by atoms with Crippen molar-refractivity contribution in [3.8, 4) is 0 Å². The molecule has 2 unspecified atom stereocenters. The van der Waals surface area contributed by atoms with Gasteiger partial charge >= 0.3 is 0 Å². The summed E-state index contributed by atoms with van der Waals surface area (Å²) in [6.45, 7) is 0.642. The molecule has 0 aromatic heterocycles. The second-order valence-corrected chi connectivity index (χ2v) is 5.66. The van der Waals surface area contributed by atoms with Gasteiger partial charge in [-0.2, -0.15) is 0 Å². The SMILES string of the molecule is COCC(N)C(=O)N(C)C1CCN(c2ccccc2Cl)C1=O.Cl. The summed E-state index contributed by atoms with van der Waals surface area (Å²) in [5.41, 5.74) is 6.41. The van der Waals surface area contributed by atoms with Crippen LogP contribution in [-0.4, -0.2) is 56.1 Å². The molecule has 0 spiro atoms. The van der Waals surface area contributed by atoms with Crippen LogP contribution in [0.25, 0.3) is 0 Å². The van der Waals surface area contributed by atoms with Gasteiger partial charge in [-0.3, -0.25) is 9.59 Å². The standard InChI is InChI=1S/C15H20ClN3O3.ClH/c1-18(14(20)11(17)9-22-2)13-7-8-19(15(13)21)12-6-4-3-5-10(12)16;/h3-6,11,13H,7-9,17H2,1-2H3;1H. The number of para-hydroxylation sites is 1. The summed E-state index contributed by atoms with van der Waals surface area (Å²) < 4.78 is 4.89. The molecule has 6 nitrogen and oxygen atoms in total. The Morgan fingerprint density at radius 2 is 2.17 bits per heavy atom. The predicted octanol–water partition coefficient (Wildman–Crippen LogP) is 1.30. The third kappa shape index (κ3) is 4.14. The molecule has 2 amide bonds. The Morgan fingerprint density at radius 1 is 1.52 bits per heavy atom. The van der Waals surface area contributed by atoms with E-state index in [2.05, 4.69) is 0 Å². The third-order valence-corrected chi connectivity index (χ3v) is 4.12. The molecule has 1 aromatic carbocycles. The molecule has 1 aliphatic rings. The molecule has 0 saturated carbocycles. The van der Waals surface area contributed by atoms with Crippen LogP contribution in [0.4, 0.5) is 5.69 Å². The maximum Gasteiger partial charge on any atom is 0.249 e. The smallest absolute Gasteiger partial charge is 0.249 e. The van der Waals surface area contributed by atoms with Crippen molar-refractivity contribution in [2.45, 2.75) is 18.5 Å². The molecule has 2 atom stereocenters. The first-order valence-corrected chi connectivity index (χ1v) is 7.42. The summed E-state index contributed by atoms with van der Waals surface area (Å²) in [4.78, 5) is 27.8. The Bertz CT molecular complexity index is 571. The number of benzene rings is 1. The van der Waals surface area contributed by atoms with Crippen molar-refractivity contribution in [2.75, 3.05) is 32.2 Å². The van der Waals surface area contributed by atoms with E-state index in [1.807, 2.05) is 12.1 Å². The van der Waals surface area contributed by atoms with Crippen LogP contribution in [0.3, 0.4) is 0 Å². The second-order valence-electron chi connectivity index (χ2n) is 5.26. The first kappa shape index (κ1) is 19.7. The Labute approximate surface area is 146 Å². The van der Waals surface area contributed by atoms with Gasteiger partial charge in [-0.1, -0.05) is 23.7 Å². The number of ether oxygens (including phenoxy) is 1. The number of hydrogen-bond acceptors (Lipinski definition) is 4. The van der Waals surface area contributed by atoms with Crippen molar-refractivity contribution < 1.29 is 14.3 Å². The predicted molar refractivity (Wildman–Crippen MR) is 92.1 cm³/mol. The zero-order chi connectivity index (χ0) is 16.3. The van der Waals surface area contributed by atoms with Crippen LogP contribution in [0.1, 0.15) is 6.42 Å². The highest BCUT2D eigenvalue weighted by molar-refractivity contribution is 6.34. The van der Waals surface area contributed by atoms with Crippen LogP contribution >= 0.6 is 24.0 Å². The topological polar surface area (TPSA) is 75.9 Å². The van der Waals surface area contributed by atoms with E-state index in [-0.39, 0.29) is 30.8 Å². The van der Waals surface area contributed by atoms with Gasteiger partial charge in [-0.15, -0.1) is 12.4 Å². The maximum absolute atomic E-state index is 12.6. The summed E-state index contributed by atoms with van der Waals surface area (Å²) in [5.74, 6) is -0.449. The number of likely N-dealkylation sites (N-methyl/N-ethyl adjacent to an activating group) is 1. The van der Waals surface area contributed by atoms with Crippen LogP contribution in [0.15, 0.2) is 24.3 Å². The van der Waals surface area contributed by atoms with Gasteiger partial charge in [0.2, 0.25) is 11.8 Å². The van der Waals surface area contributed by atoms with Crippen molar-refractivity contribution in [1.82, 2.24) is 4.90 Å². The number of nitrogens with zero attached hydrogens (tertiary/aromatic N) is 2. The highest BCUT2D eigenvalue weighted by Gasteiger charge is 2.38. The lowest BCUT2D eigenvalue weighted by Crippen LogP contribution is -2.50. The number of amides is 2. The summed E-state index contributed by atoms with van der Waals surface area (Å²) in [6.07, 6.45) is 0.548. The van der Waals surface area contributed by atoms with Crippen molar-refractivity contribution in [3.63, 3.8) is 0 Å². The summed E-state index contributed by atoms with van der Waals surface area (Å²) in [6, 6.07) is 5.88. The zero-order valence-electron chi connectivity index (χ0n) is 13.1. The van der Waals surface area contributed by atoms with E-state index in [1.165, 1.54) is 12.0 Å². The fourth-order valence-corrected chi connectivity index (χ4v) is 2.84. The number of nitrogens with two attached hydrogens (primary N) is 1. The van der Waals surface area contributed by atoms with Gasteiger partial charge < -0.3 is 20.3 Å². The van der Waals surface area contributed by atoms with E-state index < -0.39 is 12.1 Å². The van der Waals surface area contributed by atoms with Crippen molar-refractivity contribution in [2.24, 2.45) is 5.73 Å². The monoisotopic (exact) mass is 361 g/mol. The van der Waals surface area contributed by atoms with Crippen LogP contribution in [0.2, 0.25) is 5.02 Å². The van der Waals surface area contributed by atoms with Crippen molar-refractivity contribution in [3.05, 3.63) is 29.3 Å². The summed E-state index contributed by atoms with van der Waals surface area (Å²) >= 11 is 6.14. The van der Waals surface area contributed by atoms with E-state index in [0.717, 1.165) is 0 Å². The van der Waals surface area contributed by atoms with Gasteiger partial charge in [0.1, 0.15) is 12.1 Å². The Balaban J connectivity index is 0.00000264. The zero-order valence-corrected chi connectivity index (χ0v) is 14.6. The first-order chi connectivity index (χ1) is 10.5. The minimum atomic E-state index is -0.767. The van der Waals surface area contributed by atoms with Gasteiger partial charge in [0, 0.05) is 20.7 Å². The summed E-state index contributed by atoms with van der Waals surface area (Å²) in [7, 11) is 3.07. The molecule has 23 heavy (non-hydrogen) atoms. The van der Waals surface area contributed by atoms with Gasteiger partial charge in [-0.25, -0.2) is 0 Å². The van der Waals surface area contributed by atoms with Crippen LogP contribution in [-0.2, 0) is 14.3 Å². The molecule has 2 rings (SSSR count). The Hall–Kier alpha value is -1.34. The lowest BCUT2D eigenvalue weighted by atomic mass is 10.2. The van der Waals surface area contributed by atoms with E-state index >= 15 is 0 Å². The van der Waals surface area contributed by atoms with E-state index in [0.29, 0.717) is 23.7 Å². The molecule has 1 fully saturated rings. The summed E-state index contributed by atoms with van der Waals surface area (Å²) in [5, 5.41) is 0.515. The Kier molecular flexibility index (Phi) is 7.28. The van der Waals surface area contributed by atoms with Crippen LogP contribution in [0, 0.1) is 0 Å². The molecule has 0 radical (unpaired) electrons. The second kappa shape index (κ2) is 8.49. The average molecular weight is 362 g/mol. The van der Waals surface area contributed by atoms with Gasteiger partial charge in [0.15, 0.2) is 0 Å². The average Bonchev–Trinajstić information content (AvgIpc) is 2.88. The fourth-order valence-electron chi connectivity index (χ4n) is 2.60. The normalized spacial score (nSPS) is 18.5. The van der Waals surface area contributed by atoms with Gasteiger partial charge in [-0.05, 0) is 18.6 Å². The molecule has 0 bridgehead atoms. The van der Waals surface area contributed by atoms with Crippen LogP contribution in [0.5, 0.6) is 0 Å². The number of carbonyl (C=O) groups is 2. The number of hydrogen-bond donors (Lipinski definition) is 1. The maximum atomic E-state index is 12.6. The minimum absolute atomic E-state index is 0. The lowest BCUT2D eigenvalue weighted by molar-refractivity contribution is -0.138. The molecular weight excluding hydrogens is 341 g/mol. The molecule has 8 heteroatoms. The molecule has 1 saturated heterocycles. The number of rotatable bonds is 5. The van der Waals surface area contributed by atoms with Crippen molar-refractivity contribution in [1.29, 1.82) is 0 Å².